The molecule has 1 aromatic heterocycles. The van der Waals surface area contributed by atoms with E-state index >= 15 is 4.39 Å². The highest BCUT2D eigenvalue weighted by molar-refractivity contribution is 5.63. The Labute approximate surface area is 263 Å². The van der Waals surface area contributed by atoms with Crippen molar-refractivity contribution < 1.29 is 13.9 Å². The van der Waals surface area contributed by atoms with E-state index in [1.165, 1.54) is 46.2 Å². The van der Waals surface area contributed by atoms with Crippen LogP contribution in [0, 0.1) is 11.6 Å². The molecule has 4 aromatic carbocycles. The van der Waals surface area contributed by atoms with E-state index in [1.54, 1.807) is 0 Å². The first-order valence-corrected chi connectivity index (χ1v) is 15.2. The molecule has 2 heterocycles. The molecule has 2 unspecified atom stereocenters. The van der Waals surface area contributed by atoms with E-state index in [0.717, 1.165) is 44.4 Å². The fraction of sp³-hybridized carbons (Fsp3) is 0.278. The monoisotopic (exact) mass is 608 g/mol. The van der Waals surface area contributed by atoms with Crippen molar-refractivity contribution in [3.05, 3.63) is 144 Å². The van der Waals surface area contributed by atoms with Gasteiger partial charge in [-0.1, -0.05) is 91.0 Å². The SMILES string of the molecule is CN(CC(O)(Cn1cncn1)c1ccc(F)cc1F)C(c1ccccc1)N1CCN(Cc2ccc(-c3ccccc3)cc2)CC1. The largest absolute Gasteiger partial charge is 0.382 e. The Morgan fingerprint density at radius 3 is 2.16 bits per heavy atom. The molecule has 2 atom stereocenters. The van der Waals surface area contributed by atoms with Crippen LogP contribution in [0.4, 0.5) is 8.78 Å². The van der Waals surface area contributed by atoms with Crippen molar-refractivity contribution in [2.75, 3.05) is 39.8 Å². The number of aliphatic hydroxyl groups is 1. The zero-order valence-corrected chi connectivity index (χ0v) is 25.4. The van der Waals surface area contributed by atoms with Crippen molar-refractivity contribution in [2.45, 2.75) is 24.9 Å². The number of aromatic nitrogens is 3. The zero-order valence-electron chi connectivity index (χ0n) is 25.4. The molecule has 7 nitrogen and oxygen atoms in total. The van der Waals surface area contributed by atoms with Crippen molar-refractivity contribution in [3.8, 4) is 11.1 Å². The summed E-state index contributed by atoms with van der Waals surface area (Å²) in [6.07, 6.45) is 2.68. The molecule has 0 bridgehead atoms. The van der Waals surface area contributed by atoms with Crippen molar-refractivity contribution >= 4 is 0 Å². The fourth-order valence-electron chi connectivity index (χ4n) is 6.40. The van der Waals surface area contributed by atoms with Crippen LogP contribution in [0.3, 0.4) is 0 Å². The van der Waals surface area contributed by atoms with Gasteiger partial charge < -0.3 is 5.11 Å². The van der Waals surface area contributed by atoms with Gasteiger partial charge in [-0.3, -0.25) is 14.7 Å². The predicted octanol–water partition coefficient (Wildman–Crippen LogP) is 5.56. The second-order valence-corrected chi connectivity index (χ2v) is 11.8. The lowest BCUT2D eigenvalue weighted by molar-refractivity contribution is -0.0582. The van der Waals surface area contributed by atoms with Gasteiger partial charge in [0.1, 0.15) is 29.9 Å². The molecule has 1 aliphatic rings. The summed E-state index contributed by atoms with van der Waals surface area (Å²) in [4.78, 5) is 10.9. The number of hydrogen-bond acceptors (Lipinski definition) is 6. The highest BCUT2D eigenvalue weighted by Gasteiger charge is 2.38. The minimum atomic E-state index is -1.71. The minimum Gasteiger partial charge on any atom is -0.382 e. The maximum Gasteiger partial charge on any atom is 0.137 e. The summed E-state index contributed by atoms with van der Waals surface area (Å²) in [6.45, 7) is 4.30. The van der Waals surface area contributed by atoms with Crippen LogP contribution in [0.25, 0.3) is 11.1 Å². The van der Waals surface area contributed by atoms with Crippen molar-refractivity contribution in [2.24, 2.45) is 0 Å². The van der Waals surface area contributed by atoms with Crippen molar-refractivity contribution in [3.63, 3.8) is 0 Å². The molecule has 45 heavy (non-hydrogen) atoms. The first kappa shape index (κ1) is 30.7. The molecule has 1 aliphatic heterocycles. The molecule has 0 radical (unpaired) electrons. The van der Waals surface area contributed by atoms with Gasteiger partial charge in [-0.2, -0.15) is 5.10 Å². The minimum absolute atomic E-state index is 0.0150. The number of halogens is 2. The third-order valence-corrected chi connectivity index (χ3v) is 8.57. The van der Waals surface area contributed by atoms with Crippen LogP contribution in [-0.4, -0.2) is 74.3 Å². The lowest BCUT2D eigenvalue weighted by atomic mass is 9.91. The molecular weight excluding hydrogens is 570 g/mol. The van der Waals surface area contributed by atoms with Gasteiger partial charge in [0, 0.05) is 50.9 Å². The maximum absolute atomic E-state index is 15.2. The molecule has 5 aromatic rings. The van der Waals surface area contributed by atoms with E-state index < -0.39 is 17.2 Å². The van der Waals surface area contributed by atoms with Crippen molar-refractivity contribution in [1.29, 1.82) is 0 Å². The van der Waals surface area contributed by atoms with E-state index in [0.29, 0.717) is 0 Å². The van der Waals surface area contributed by atoms with Crippen LogP contribution in [0.2, 0.25) is 0 Å². The number of piperazine rings is 1. The van der Waals surface area contributed by atoms with Crippen LogP contribution < -0.4 is 0 Å². The average Bonchev–Trinajstić information content (AvgIpc) is 3.56. The number of likely N-dealkylation sites (N-methyl/N-ethyl adjacent to an activating group) is 1. The predicted molar refractivity (Wildman–Crippen MR) is 171 cm³/mol. The summed E-state index contributed by atoms with van der Waals surface area (Å²) in [5.41, 5.74) is 3.08. The quantitative estimate of drug-likeness (QED) is 0.212. The fourth-order valence-corrected chi connectivity index (χ4v) is 6.40. The third kappa shape index (κ3) is 7.34. The Morgan fingerprint density at radius 2 is 1.51 bits per heavy atom. The second-order valence-electron chi connectivity index (χ2n) is 11.8. The molecule has 1 fully saturated rings. The smallest absolute Gasteiger partial charge is 0.137 e. The van der Waals surface area contributed by atoms with E-state index in [-0.39, 0.29) is 24.8 Å². The van der Waals surface area contributed by atoms with Crippen LogP contribution in [0.5, 0.6) is 0 Å². The Balaban J connectivity index is 1.18. The second kappa shape index (κ2) is 13.8. The van der Waals surface area contributed by atoms with Crippen molar-refractivity contribution in [1.82, 2.24) is 29.5 Å². The highest BCUT2D eigenvalue weighted by atomic mass is 19.1. The van der Waals surface area contributed by atoms with Gasteiger partial charge in [0.25, 0.3) is 0 Å². The molecule has 0 amide bonds. The summed E-state index contributed by atoms with van der Waals surface area (Å²) in [5.74, 6) is -1.49. The number of rotatable bonds is 11. The number of nitrogens with zero attached hydrogens (tertiary/aromatic N) is 6. The first-order valence-electron chi connectivity index (χ1n) is 15.2. The molecule has 0 spiro atoms. The molecule has 9 heteroatoms. The Bertz CT molecular complexity index is 1640. The average molecular weight is 609 g/mol. The van der Waals surface area contributed by atoms with Crippen LogP contribution in [0.1, 0.15) is 22.9 Å². The van der Waals surface area contributed by atoms with E-state index in [2.05, 4.69) is 80.5 Å². The molecule has 6 rings (SSSR count). The molecule has 0 saturated carbocycles. The van der Waals surface area contributed by atoms with Crippen LogP contribution in [0.15, 0.2) is 116 Å². The van der Waals surface area contributed by atoms with Gasteiger partial charge in [-0.25, -0.2) is 18.4 Å². The molecule has 1 saturated heterocycles. The summed E-state index contributed by atoms with van der Waals surface area (Å²) in [6, 6.07) is 32.6. The molecule has 232 valence electrons. The zero-order chi connectivity index (χ0) is 31.2. The van der Waals surface area contributed by atoms with Gasteiger partial charge in [0.2, 0.25) is 0 Å². The summed E-state index contributed by atoms with van der Waals surface area (Å²) < 4.78 is 30.5. The van der Waals surface area contributed by atoms with Gasteiger partial charge in [0.15, 0.2) is 0 Å². The van der Waals surface area contributed by atoms with Gasteiger partial charge in [-0.15, -0.1) is 0 Å². The summed E-state index contributed by atoms with van der Waals surface area (Å²) >= 11 is 0. The lowest BCUT2D eigenvalue weighted by Gasteiger charge is -2.45. The first-order chi connectivity index (χ1) is 21.9. The van der Waals surface area contributed by atoms with Gasteiger partial charge in [-0.05, 0) is 35.4 Å². The Kier molecular flexibility index (Phi) is 9.42. The van der Waals surface area contributed by atoms with Crippen LogP contribution >= 0.6 is 0 Å². The molecule has 0 aliphatic carbocycles. The molecule has 1 N–H and O–H groups in total. The van der Waals surface area contributed by atoms with Gasteiger partial charge in [0.05, 0.1) is 12.7 Å². The Hall–Kier alpha value is -4.28. The van der Waals surface area contributed by atoms with Crippen LogP contribution in [-0.2, 0) is 18.7 Å². The van der Waals surface area contributed by atoms with Gasteiger partial charge >= 0.3 is 0 Å². The van der Waals surface area contributed by atoms with E-state index in [4.69, 9.17) is 0 Å². The van der Waals surface area contributed by atoms with E-state index in [9.17, 15) is 9.50 Å². The molecular formula is C36H38F2N6O. The maximum atomic E-state index is 15.2. The Morgan fingerprint density at radius 1 is 0.844 bits per heavy atom. The number of hydrogen-bond donors (Lipinski definition) is 1. The lowest BCUT2D eigenvalue weighted by Crippen LogP contribution is -2.53. The third-order valence-electron chi connectivity index (χ3n) is 8.57. The number of benzene rings is 4. The highest BCUT2D eigenvalue weighted by Crippen LogP contribution is 2.33. The summed E-state index contributed by atoms with van der Waals surface area (Å²) in [7, 11) is 1.94. The summed E-state index contributed by atoms with van der Waals surface area (Å²) in [5, 5.41) is 16.2. The van der Waals surface area contributed by atoms with E-state index in [1.807, 2.05) is 36.2 Å². The normalized spacial score (nSPS) is 16.5. The topological polar surface area (TPSA) is 60.7 Å². The standard InChI is InChI=1S/C36H38F2N6O/c1-41(24-36(45,25-44-27-39-26-40-44)33-17-16-32(37)22-34(33)38)35(31-10-6-3-7-11-31)43-20-18-42(19-21-43)23-28-12-14-30(15-13-28)29-8-4-2-5-9-29/h2-17,22,26-27,35,45H,18-21,23-25H2,1H3.